The fourth-order valence-corrected chi connectivity index (χ4v) is 2.71. The molecule has 2 aromatic carbocycles. The van der Waals surface area contributed by atoms with E-state index in [-0.39, 0.29) is 12.3 Å². The van der Waals surface area contributed by atoms with Gasteiger partial charge in [-0.25, -0.2) is 4.79 Å². The number of hydrogen-bond acceptors (Lipinski definition) is 5. The summed E-state index contributed by atoms with van der Waals surface area (Å²) in [5, 5.41) is 10.9. The molecular weight excluding hydrogens is 344 g/mol. The van der Waals surface area contributed by atoms with E-state index in [1.165, 1.54) is 18.3 Å². The molecule has 0 unspecified atom stereocenters. The number of non-ortho nitro benzene ring substituents is 1. The van der Waals surface area contributed by atoms with Gasteiger partial charge in [0.2, 0.25) is 0 Å². The zero-order valence-corrected chi connectivity index (χ0v) is 15.0. The summed E-state index contributed by atoms with van der Waals surface area (Å²) < 4.78 is 5.13. The van der Waals surface area contributed by atoms with E-state index in [1.54, 1.807) is 25.1 Å². The smallest absolute Gasteiger partial charge is 0.340 e. The molecule has 27 heavy (non-hydrogen) atoms. The van der Waals surface area contributed by atoms with Gasteiger partial charge in [-0.1, -0.05) is 29.8 Å². The summed E-state index contributed by atoms with van der Waals surface area (Å²) in [6.07, 6.45) is 1.49. The summed E-state index contributed by atoms with van der Waals surface area (Å²) in [7, 11) is 0. The molecule has 0 aliphatic heterocycles. The highest BCUT2D eigenvalue weighted by molar-refractivity contribution is 5.97. The molecule has 0 bridgehead atoms. The predicted molar refractivity (Wildman–Crippen MR) is 102 cm³/mol. The average molecular weight is 362 g/mol. The maximum Gasteiger partial charge on any atom is 0.340 e. The van der Waals surface area contributed by atoms with Crippen LogP contribution in [-0.4, -0.2) is 22.5 Å². The van der Waals surface area contributed by atoms with E-state index in [9.17, 15) is 14.9 Å². The number of ether oxygens (including phenoxy) is 1. The fourth-order valence-electron chi connectivity index (χ4n) is 2.71. The van der Waals surface area contributed by atoms with E-state index in [2.05, 4.69) is 4.98 Å². The number of carbonyl (C=O) groups is 1. The minimum atomic E-state index is -0.478. The van der Waals surface area contributed by atoms with Crippen molar-refractivity contribution < 1.29 is 14.5 Å². The molecule has 3 rings (SSSR count). The third-order valence-electron chi connectivity index (χ3n) is 4.14. The third-order valence-corrected chi connectivity index (χ3v) is 4.14. The van der Waals surface area contributed by atoms with Crippen LogP contribution in [0.15, 0.2) is 60.8 Å². The molecule has 0 saturated carbocycles. The standard InChI is InChI=1S/C21H18N2O4/c1-3-27-21(24)19-13-22-20(16-6-4-14(2)5-7-16)12-18(19)15-8-10-17(11-9-15)23(25)26/h4-13H,3H2,1-2H3. The van der Waals surface area contributed by atoms with Crippen LogP contribution in [0.2, 0.25) is 0 Å². The number of pyridine rings is 1. The molecule has 0 spiro atoms. The molecule has 0 saturated heterocycles. The normalized spacial score (nSPS) is 10.4. The first-order valence-corrected chi connectivity index (χ1v) is 8.48. The topological polar surface area (TPSA) is 82.3 Å². The van der Waals surface area contributed by atoms with Crippen LogP contribution in [0.4, 0.5) is 5.69 Å². The summed E-state index contributed by atoms with van der Waals surface area (Å²) in [6.45, 7) is 3.99. The fraction of sp³-hybridized carbons (Fsp3) is 0.143. The van der Waals surface area contributed by atoms with Crippen molar-refractivity contribution in [3.63, 3.8) is 0 Å². The van der Waals surface area contributed by atoms with Gasteiger partial charge >= 0.3 is 5.97 Å². The van der Waals surface area contributed by atoms with Crippen LogP contribution in [0.3, 0.4) is 0 Å². The second-order valence-corrected chi connectivity index (χ2v) is 6.01. The number of aryl methyl sites for hydroxylation is 1. The second-order valence-electron chi connectivity index (χ2n) is 6.01. The van der Waals surface area contributed by atoms with Crippen molar-refractivity contribution in [2.24, 2.45) is 0 Å². The molecule has 136 valence electrons. The van der Waals surface area contributed by atoms with E-state index in [0.29, 0.717) is 22.4 Å². The Morgan fingerprint density at radius 3 is 2.30 bits per heavy atom. The van der Waals surface area contributed by atoms with Crippen molar-refractivity contribution >= 4 is 11.7 Å². The van der Waals surface area contributed by atoms with Crippen molar-refractivity contribution in [1.82, 2.24) is 4.98 Å². The molecule has 0 fully saturated rings. The van der Waals surface area contributed by atoms with Crippen molar-refractivity contribution in [1.29, 1.82) is 0 Å². The van der Waals surface area contributed by atoms with Gasteiger partial charge < -0.3 is 4.74 Å². The van der Waals surface area contributed by atoms with Crippen molar-refractivity contribution in [2.75, 3.05) is 6.61 Å². The summed E-state index contributed by atoms with van der Waals surface area (Å²) in [6, 6.07) is 15.8. The largest absolute Gasteiger partial charge is 0.462 e. The molecular formula is C21H18N2O4. The molecule has 6 heteroatoms. The molecule has 0 atom stereocenters. The summed E-state index contributed by atoms with van der Waals surface area (Å²) in [4.78, 5) is 27.2. The van der Waals surface area contributed by atoms with Crippen LogP contribution in [0, 0.1) is 17.0 Å². The summed E-state index contributed by atoms with van der Waals surface area (Å²) in [5.41, 5.74) is 4.37. The average Bonchev–Trinajstić information content (AvgIpc) is 2.68. The van der Waals surface area contributed by atoms with Crippen molar-refractivity contribution in [3.8, 4) is 22.4 Å². The monoisotopic (exact) mass is 362 g/mol. The Morgan fingerprint density at radius 2 is 1.70 bits per heavy atom. The quantitative estimate of drug-likeness (QED) is 0.369. The SMILES string of the molecule is CCOC(=O)c1cnc(-c2ccc(C)cc2)cc1-c1ccc([N+](=O)[O-])cc1. The first-order chi connectivity index (χ1) is 13.0. The number of hydrogen-bond donors (Lipinski definition) is 0. The maximum absolute atomic E-state index is 12.3. The van der Waals surface area contributed by atoms with E-state index >= 15 is 0 Å². The van der Waals surface area contributed by atoms with Gasteiger partial charge in [-0.2, -0.15) is 0 Å². The number of nitro benzene ring substituents is 1. The van der Waals surface area contributed by atoms with E-state index in [0.717, 1.165) is 11.1 Å². The lowest BCUT2D eigenvalue weighted by Gasteiger charge is -2.11. The Balaban J connectivity index is 2.11. The zero-order chi connectivity index (χ0) is 19.4. The highest BCUT2D eigenvalue weighted by Gasteiger charge is 2.17. The predicted octanol–water partition coefficient (Wildman–Crippen LogP) is 4.81. The molecule has 1 aromatic heterocycles. The van der Waals surface area contributed by atoms with Crippen LogP contribution in [0.1, 0.15) is 22.8 Å². The Kier molecular flexibility index (Phi) is 5.26. The Hall–Kier alpha value is -3.54. The first kappa shape index (κ1) is 18.3. The number of aromatic nitrogens is 1. The molecule has 0 N–H and O–H groups in total. The molecule has 0 aliphatic carbocycles. The third kappa shape index (κ3) is 4.00. The van der Waals surface area contributed by atoms with Gasteiger partial charge in [-0.15, -0.1) is 0 Å². The number of nitrogens with zero attached hydrogens (tertiary/aromatic N) is 2. The van der Waals surface area contributed by atoms with Gasteiger partial charge in [0, 0.05) is 23.9 Å². The van der Waals surface area contributed by atoms with Crippen molar-refractivity contribution in [3.05, 3.63) is 82.0 Å². The lowest BCUT2D eigenvalue weighted by molar-refractivity contribution is -0.384. The van der Waals surface area contributed by atoms with Crippen molar-refractivity contribution in [2.45, 2.75) is 13.8 Å². The Labute approximate surface area is 156 Å². The van der Waals surface area contributed by atoms with Gasteiger partial charge in [0.25, 0.3) is 5.69 Å². The van der Waals surface area contributed by atoms with Crippen LogP contribution >= 0.6 is 0 Å². The maximum atomic E-state index is 12.3. The van der Waals surface area contributed by atoms with E-state index < -0.39 is 10.9 Å². The minimum Gasteiger partial charge on any atom is -0.462 e. The Bertz CT molecular complexity index is 980. The lowest BCUT2D eigenvalue weighted by Crippen LogP contribution is -2.07. The summed E-state index contributed by atoms with van der Waals surface area (Å²) >= 11 is 0. The van der Waals surface area contributed by atoms with Gasteiger partial charge in [-0.05, 0) is 43.2 Å². The first-order valence-electron chi connectivity index (χ1n) is 8.48. The molecule has 6 nitrogen and oxygen atoms in total. The number of esters is 1. The number of benzene rings is 2. The number of nitro groups is 1. The minimum absolute atomic E-state index is 0.00995. The zero-order valence-electron chi connectivity index (χ0n) is 15.0. The second kappa shape index (κ2) is 7.78. The number of carbonyl (C=O) groups excluding carboxylic acids is 1. The highest BCUT2D eigenvalue weighted by atomic mass is 16.6. The summed E-state index contributed by atoms with van der Waals surface area (Å²) in [5.74, 6) is -0.478. The highest BCUT2D eigenvalue weighted by Crippen LogP contribution is 2.30. The lowest BCUT2D eigenvalue weighted by atomic mass is 9.98. The molecule has 1 heterocycles. The van der Waals surface area contributed by atoms with Gasteiger partial charge in [0.15, 0.2) is 0 Å². The van der Waals surface area contributed by atoms with Crippen LogP contribution in [0.25, 0.3) is 22.4 Å². The van der Waals surface area contributed by atoms with E-state index in [1.807, 2.05) is 31.2 Å². The Morgan fingerprint density at radius 1 is 1.07 bits per heavy atom. The van der Waals surface area contributed by atoms with Gasteiger partial charge in [-0.3, -0.25) is 15.1 Å². The molecule has 0 radical (unpaired) electrons. The van der Waals surface area contributed by atoms with Crippen LogP contribution < -0.4 is 0 Å². The number of rotatable bonds is 5. The molecule has 0 amide bonds. The van der Waals surface area contributed by atoms with Gasteiger partial charge in [0.1, 0.15) is 0 Å². The van der Waals surface area contributed by atoms with E-state index in [4.69, 9.17) is 4.74 Å². The molecule has 3 aromatic rings. The van der Waals surface area contributed by atoms with Crippen LogP contribution in [0.5, 0.6) is 0 Å². The van der Waals surface area contributed by atoms with Crippen LogP contribution in [-0.2, 0) is 4.74 Å². The molecule has 0 aliphatic rings. The van der Waals surface area contributed by atoms with Gasteiger partial charge in [0.05, 0.1) is 22.8 Å².